The van der Waals surface area contributed by atoms with E-state index in [-0.39, 0.29) is 15.5 Å². The molecule has 2 aromatic carbocycles. The predicted molar refractivity (Wildman–Crippen MR) is 94.6 cm³/mol. The summed E-state index contributed by atoms with van der Waals surface area (Å²) in [5.41, 5.74) is 0.314. The number of hydrogen-bond acceptors (Lipinski definition) is 3. The largest absolute Gasteiger partial charge is 0.345 e. The zero-order valence-electron chi connectivity index (χ0n) is 14.3. The molecule has 0 unspecified atom stereocenters. The van der Waals surface area contributed by atoms with Gasteiger partial charge in [0.05, 0.1) is 21.5 Å². The van der Waals surface area contributed by atoms with E-state index in [1.54, 1.807) is 6.92 Å². The van der Waals surface area contributed by atoms with Gasteiger partial charge < -0.3 is 5.32 Å². The Hall–Kier alpha value is -2.03. The van der Waals surface area contributed by atoms with Gasteiger partial charge in [-0.05, 0) is 42.8 Å². The van der Waals surface area contributed by atoms with Crippen molar-refractivity contribution in [1.29, 1.82) is 0 Å². The van der Waals surface area contributed by atoms with Crippen LogP contribution >= 0.6 is 11.6 Å². The minimum Gasteiger partial charge on any atom is -0.345 e. The summed E-state index contributed by atoms with van der Waals surface area (Å²) in [5.74, 6) is -2.65. The first kappa shape index (κ1) is 20.3. The lowest BCUT2D eigenvalue weighted by Gasteiger charge is -2.16. The summed E-state index contributed by atoms with van der Waals surface area (Å²) in [6.45, 7) is 1.58. The van der Waals surface area contributed by atoms with Crippen LogP contribution in [0.4, 0.5) is 8.78 Å². The van der Waals surface area contributed by atoms with Crippen molar-refractivity contribution in [1.82, 2.24) is 9.62 Å². The second-order valence-electron chi connectivity index (χ2n) is 5.80. The molecule has 0 fully saturated rings. The number of nitrogens with one attached hydrogen (secondary N) is 1. The highest BCUT2D eigenvalue weighted by Crippen LogP contribution is 2.23. The standard InChI is InChI=1S/C17H17ClF2N2O3S/c1-10(11-4-7-15(19)16(20)8-11)21-17(23)13-9-12(5-6-14(13)18)26(24,25)22(2)3/h4-10H,1-3H3,(H,21,23)/t10-/m0/s1. The van der Waals surface area contributed by atoms with E-state index in [1.807, 2.05) is 0 Å². The maximum absolute atomic E-state index is 13.3. The van der Waals surface area contributed by atoms with Crippen LogP contribution in [0.3, 0.4) is 0 Å². The quantitative estimate of drug-likeness (QED) is 0.833. The van der Waals surface area contributed by atoms with Crippen molar-refractivity contribution in [2.75, 3.05) is 14.1 Å². The Bertz CT molecular complexity index is 949. The Kier molecular flexibility index (Phi) is 6.00. The topological polar surface area (TPSA) is 66.5 Å². The van der Waals surface area contributed by atoms with Gasteiger partial charge in [-0.3, -0.25) is 4.79 Å². The van der Waals surface area contributed by atoms with Crippen molar-refractivity contribution >= 4 is 27.5 Å². The molecule has 0 heterocycles. The van der Waals surface area contributed by atoms with Gasteiger partial charge >= 0.3 is 0 Å². The highest BCUT2D eigenvalue weighted by molar-refractivity contribution is 7.89. The summed E-state index contributed by atoms with van der Waals surface area (Å²) >= 11 is 6.02. The van der Waals surface area contributed by atoms with Gasteiger partial charge in [-0.15, -0.1) is 0 Å². The van der Waals surface area contributed by atoms with Gasteiger partial charge in [0.1, 0.15) is 0 Å². The van der Waals surface area contributed by atoms with Gasteiger partial charge in [0, 0.05) is 14.1 Å². The van der Waals surface area contributed by atoms with Crippen molar-refractivity contribution in [3.05, 3.63) is 64.2 Å². The van der Waals surface area contributed by atoms with Gasteiger partial charge in [0.15, 0.2) is 11.6 Å². The summed E-state index contributed by atoms with van der Waals surface area (Å²) < 4.78 is 51.8. The molecule has 140 valence electrons. The number of hydrogen-bond donors (Lipinski definition) is 1. The molecule has 0 spiro atoms. The Labute approximate surface area is 155 Å². The first-order valence-electron chi connectivity index (χ1n) is 7.52. The van der Waals surface area contributed by atoms with Crippen molar-refractivity contribution in [3.63, 3.8) is 0 Å². The maximum atomic E-state index is 13.3. The summed E-state index contributed by atoms with van der Waals surface area (Å²) in [6.07, 6.45) is 0. The fourth-order valence-corrected chi connectivity index (χ4v) is 3.32. The van der Waals surface area contributed by atoms with Crippen molar-refractivity contribution in [2.45, 2.75) is 17.9 Å². The van der Waals surface area contributed by atoms with Crippen LogP contribution < -0.4 is 5.32 Å². The molecule has 1 atom stereocenters. The summed E-state index contributed by atoms with van der Waals surface area (Å²) in [7, 11) is -0.997. The van der Waals surface area contributed by atoms with E-state index >= 15 is 0 Å². The van der Waals surface area contributed by atoms with Crippen LogP contribution in [0.2, 0.25) is 5.02 Å². The highest BCUT2D eigenvalue weighted by atomic mass is 35.5. The van der Waals surface area contributed by atoms with E-state index < -0.39 is 33.6 Å². The third-order valence-electron chi connectivity index (χ3n) is 3.75. The number of rotatable bonds is 5. The van der Waals surface area contributed by atoms with Crippen LogP contribution in [-0.4, -0.2) is 32.7 Å². The van der Waals surface area contributed by atoms with E-state index in [4.69, 9.17) is 11.6 Å². The van der Waals surface area contributed by atoms with Crippen molar-refractivity contribution < 1.29 is 22.0 Å². The summed E-state index contributed by atoms with van der Waals surface area (Å²) in [5, 5.41) is 2.65. The Morgan fingerprint density at radius 3 is 2.35 bits per heavy atom. The van der Waals surface area contributed by atoms with E-state index in [1.165, 1.54) is 38.4 Å². The molecule has 0 radical (unpaired) electrons. The minimum atomic E-state index is -3.74. The predicted octanol–water partition coefficient (Wildman–Crippen LogP) is 3.36. The van der Waals surface area contributed by atoms with Crippen LogP contribution in [0, 0.1) is 11.6 Å². The molecule has 0 bridgehead atoms. The second kappa shape index (κ2) is 7.69. The summed E-state index contributed by atoms with van der Waals surface area (Å²) in [4.78, 5) is 12.4. The smallest absolute Gasteiger partial charge is 0.253 e. The zero-order valence-corrected chi connectivity index (χ0v) is 15.8. The van der Waals surface area contributed by atoms with Crippen molar-refractivity contribution in [3.8, 4) is 0 Å². The fourth-order valence-electron chi connectivity index (χ4n) is 2.19. The lowest BCUT2D eigenvalue weighted by Crippen LogP contribution is -2.28. The molecule has 9 heteroatoms. The molecule has 0 aliphatic carbocycles. The van der Waals surface area contributed by atoms with Crippen LogP contribution in [0.15, 0.2) is 41.3 Å². The molecule has 1 N–H and O–H groups in total. The third-order valence-corrected chi connectivity index (χ3v) is 5.89. The Balaban J connectivity index is 2.30. The fraction of sp³-hybridized carbons (Fsp3) is 0.235. The number of carbonyl (C=O) groups excluding carboxylic acids is 1. The second-order valence-corrected chi connectivity index (χ2v) is 8.36. The normalized spacial score (nSPS) is 12.9. The maximum Gasteiger partial charge on any atom is 0.253 e. The van der Waals surface area contributed by atoms with Gasteiger partial charge in [-0.1, -0.05) is 17.7 Å². The Morgan fingerprint density at radius 1 is 1.12 bits per heavy atom. The molecular weight excluding hydrogens is 386 g/mol. The highest BCUT2D eigenvalue weighted by Gasteiger charge is 2.22. The van der Waals surface area contributed by atoms with E-state index in [0.29, 0.717) is 5.56 Å². The SMILES string of the molecule is C[C@H](NC(=O)c1cc(S(=O)(=O)N(C)C)ccc1Cl)c1ccc(F)c(F)c1. The number of nitrogens with zero attached hydrogens (tertiary/aromatic N) is 1. The number of sulfonamides is 1. The van der Waals surface area contributed by atoms with E-state index in [2.05, 4.69) is 5.32 Å². The molecular formula is C17H17ClF2N2O3S. The lowest BCUT2D eigenvalue weighted by atomic mass is 10.1. The number of halogens is 3. The molecule has 5 nitrogen and oxygen atoms in total. The molecule has 0 aromatic heterocycles. The van der Waals surface area contributed by atoms with Gasteiger partial charge in [0.25, 0.3) is 5.91 Å². The van der Waals surface area contributed by atoms with Crippen LogP contribution in [0.25, 0.3) is 0 Å². The van der Waals surface area contributed by atoms with Crippen LogP contribution in [-0.2, 0) is 10.0 Å². The molecule has 0 saturated carbocycles. The summed E-state index contributed by atoms with van der Waals surface area (Å²) in [6, 6.07) is 6.42. The van der Waals surface area contributed by atoms with Crippen molar-refractivity contribution in [2.24, 2.45) is 0 Å². The van der Waals surface area contributed by atoms with E-state index in [9.17, 15) is 22.0 Å². The molecule has 1 amide bonds. The van der Waals surface area contributed by atoms with Gasteiger partial charge in [-0.2, -0.15) is 0 Å². The molecule has 2 rings (SSSR count). The molecule has 0 aliphatic heterocycles. The van der Waals surface area contributed by atoms with Crippen LogP contribution in [0.5, 0.6) is 0 Å². The number of benzene rings is 2. The monoisotopic (exact) mass is 402 g/mol. The molecule has 0 saturated heterocycles. The van der Waals surface area contributed by atoms with E-state index in [0.717, 1.165) is 16.4 Å². The van der Waals surface area contributed by atoms with Gasteiger partial charge in [0.2, 0.25) is 10.0 Å². The Morgan fingerprint density at radius 2 is 1.77 bits per heavy atom. The minimum absolute atomic E-state index is 0.0379. The lowest BCUT2D eigenvalue weighted by molar-refractivity contribution is 0.0939. The number of carbonyl (C=O) groups is 1. The zero-order chi connectivity index (χ0) is 19.6. The average molecular weight is 403 g/mol. The molecule has 2 aromatic rings. The molecule has 0 aliphatic rings. The first-order valence-corrected chi connectivity index (χ1v) is 9.33. The number of amides is 1. The van der Waals surface area contributed by atoms with Crippen LogP contribution in [0.1, 0.15) is 28.9 Å². The van der Waals surface area contributed by atoms with Gasteiger partial charge in [-0.25, -0.2) is 21.5 Å². The first-order chi connectivity index (χ1) is 12.0. The average Bonchev–Trinajstić information content (AvgIpc) is 2.57. The third kappa shape index (κ3) is 4.20. The molecule has 26 heavy (non-hydrogen) atoms.